The van der Waals surface area contributed by atoms with Gasteiger partial charge >= 0.3 is 0 Å². The van der Waals surface area contributed by atoms with Gasteiger partial charge < -0.3 is 10.1 Å². The lowest BCUT2D eigenvalue weighted by Crippen LogP contribution is -2.23. The third kappa shape index (κ3) is 2.91. The Bertz CT molecular complexity index is 612. The summed E-state index contributed by atoms with van der Waals surface area (Å²) in [4.78, 5) is 0. The second-order valence-electron chi connectivity index (χ2n) is 5.27. The van der Waals surface area contributed by atoms with E-state index in [2.05, 4.69) is 42.6 Å². The fourth-order valence-electron chi connectivity index (χ4n) is 2.56. The molecule has 0 bridgehead atoms. The Balaban J connectivity index is 1.60. The summed E-state index contributed by atoms with van der Waals surface area (Å²) in [6.07, 6.45) is 1.17. The lowest BCUT2D eigenvalue weighted by molar-refractivity contribution is 0.246. The maximum Gasteiger partial charge on any atom is 0.123 e. The molecule has 0 amide bonds. The van der Waals surface area contributed by atoms with Crippen LogP contribution in [0, 0.1) is 6.92 Å². The van der Waals surface area contributed by atoms with Crippen LogP contribution in [0.1, 0.15) is 16.7 Å². The van der Waals surface area contributed by atoms with Crippen LogP contribution in [0.2, 0.25) is 0 Å². The van der Waals surface area contributed by atoms with Crippen molar-refractivity contribution in [2.75, 3.05) is 11.9 Å². The molecule has 1 N–H and O–H groups in total. The van der Waals surface area contributed by atoms with Gasteiger partial charge in [-0.15, -0.1) is 11.6 Å². The standard InChI is InChI=1S/C17H18ClNO/c1-12-5-6-17-14(7-12)9-16(20-17)11-19-15-4-2-3-13(8-15)10-18/h2-8,16,19H,9-11H2,1H3. The van der Waals surface area contributed by atoms with Crippen LogP contribution < -0.4 is 10.1 Å². The van der Waals surface area contributed by atoms with Gasteiger partial charge in [-0.2, -0.15) is 0 Å². The minimum absolute atomic E-state index is 0.200. The van der Waals surface area contributed by atoms with E-state index in [-0.39, 0.29) is 6.10 Å². The Kier molecular flexibility index (Phi) is 3.83. The van der Waals surface area contributed by atoms with Crippen LogP contribution in [-0.4, -0.2) is 12.6 Å². The minimum Gasteiger partial charge on any atom is -0.488 e. The van der Waals surface area contributed by atoms with Gasteiger partial charge in [-0.25, -0.2) is 0 Å². The number of nitrogens with one attached hydrogen (secondary N) is 1. The second kappa shape index (κ2) is 5.76. The third-order valence-electron chi connectivity index (χ3n) is 3.57. The first-order chi connectivity index (χ1) is 9.74. The molecule has 0 saturated heterocycles. The van der Waals surface area contributed by atoms with E-state index < -0.39 is 0 Å². The zero-order chi connectivity index (χ0) is 13.9. The molecule has 3 heteroatoms. The monoisotopic (exact) mass is 287 g/mol. The number of alkyl halides is 1. The van der Waals surface area contributed by atoms with Crippen LogP contribution in [-0.2, 0) is 12.3 Å². The fraction of sp³-hybridized carbons (Fsp3) is 0.294. The van der Waals surface area contributed by atoms with Gasteiger partial charge in [-0.3, -0.25) is 0 Å². The van der Waals surface area contributed by atoms with E-state index in [4.69, 9.17) is 16.3 Å². The average molecular weight is 288 g/mol. The molecule has 0 saturated carbocycles. The van der Waals surface area contributed by atoms with Crippen LogP contribution in [0.3, 0.4) is 0 Å². The summed E-state index contributed by atoms with van der Waals surface area (Å²) >= 11 is 5.85. The van der Waals surface area contributed by atoms with E-state index in [0.717, 1.165) is 30.0 Å². The zero-order valence-electron chi connectivity index (χ0n) is 11.5. The second-order valence-corrected chi connectivity index (χ2v) is 5.54. The molecule has 1 unspecified atom stereocenters. The Morgan fingerprint density at radius 2 is 2.15 bits per heavy atom. The number of fused-ring (bicyclic) bond motifs is 1. The summed E-state index contributed by atoms with van der Waals surface area (Å²) in [7, 11) is 0. The van der Waals surface area contributed by atoms with Crippen molar-refractivity contribution in [2.24, 2.45) is 0 Å². The molecule has 1 aliphatic rings. The van der Waals surface area contributed by atoms with Gasteiger partial charge in [0, 0.05) is 18.0 Å². The number of hydrogen-bond donors (Lipinski definition) is 1. The lowest BCUT2D eigenvalue weighted by atomic mass is 10.1. The van der Waals surface area contributed by atoms with Crippen LogP contribution in [0.25, 0.3) is 0 Å². The molecular formula is C17H18ClNO. The molecule has 0 fully saturated rings. The molecule has 20 heavy (non-hydrogen) atoms. The molecule has 1 heterocycles. The Hall–Kier alpha value is -1.67. The van der Waals surface area contributed by atoms with Crippen molar-refractivity contribution in [2.45, 2.75) is 25.3 Å². The summed E-state index contributed by atoms with van der Waals surface area (Å²) in [6.45, 7) is 2.92. The number of rotatable bonds is 4. The topological polar surface area (TPSA) is 21.3 Å². The molecule has 1 atom stereocenters. The number of halogens is 1. The largest absolute Gasteiger partial charge is 0.488 e. The highest BCUT2D eigenvalue weighted by atomic mass is 35.5. The highest BCUT2D eigenvalue weighted by Crippen LogP contribution is 2.29. The molecule has 0 spiro atoms. The van der Waals surface area contributed by atoms with Gasteiger partial charge in [0.1, 0.15) is 11.9 Å². The van der Waals surface area contributed by atoms with Crippen molar-refractivity contribution < 1.29 is 4.74 Å². The normalized spacial score (nSPS) is 16.6. The van der Waals surface area contributed by atoms with E-state index in [1.165, 1.54) is 11.1 Å². The lowest BCUT2D eigenvalue weighted by Gasteiger charge is -2.13. The van der Waals surface area contributed by atoms with E-state index in [1.54, 1.807) is 0 Å². The zero-order valence-corrected chi connectivity index (χ0v) is 12.3. The van der Waals surface area contributed by atoms with Gasteiger partial charge in [-0.05, 0) is 36.2 Å². The van der Waals surface area contributed by atoms with Crippen LogP contribution in [0.4, 0.5) is 5.69 Å². The van der Waals surface area contributed by atoms with E-state index >= 15 is 0 Å². The first-order valence-corrected chi connectivity index (χ1v) is 7.43. The first-order valence-electron chi connectivity index (χ1n) is 6.89. The van der Waals surface area contributed by atoms with E-state index in [9.17, 15) is 0 Å². The highest BCUT2D eigenvalue weighted by Gasteiger charge is 2.22. The quantitative estimate of drug-likeness (QED) is 0.853. The molecule has 0 radical (unpaired) electrons. The van der Waals surface area contributed by atoms with Gasteiger partial charge in [-0.1, -0.05) is 29.8 Å². The van der Waals surface area contributed by atoms with Gasteiger partial charge in [0.2, 0.25) is 0 Å². The SMILES string of the molecule is Cc1ccc2c(c1)CC(CNc1cccc(CCl)c1)O2. The number of anilines is 1. The molecule has 2 nitrogen and oxygen atoms in total. The van der Waals surface area contributed by atoms with Crippen molar-refractivity contribution in [3.63, 3.8) is 0 Å². The van der Waals surface area contributed by atoms with Crippen LogP contribution in [0.15, 0.2) is 42.5 Å². The molecule has 0 aromatic heterocycles. The maximum atomic E-state index is 5.95. The van der Waals surface area contributed by atoms with Gasteiger partial charge in [0.15, 0.2) is 0 Å². The summed E-state index contributed by atoms with van der Waals surface area (Å²) in [5.41, 5.74) is 4.82. The minimum atomic E-state index is 0.200. The van der Waals surface area contributed by atoms with Gasteiger partial charge in [0.25, 0.3) is 0 Å². The predicted molar refractivity (Wildman–Crippen MR) is 83.8 cm³/mol. The summed E-state index contributed by atoms with van der Waals surface area (Å²) in [5, 5.41) is 3.43. The molecular weight excluding hydrogens is 270 g/mol. The van der Waals surface area contributed by atoms with Crippen molar-refractivity contribution in [3.8, 4) is 5.75 Å². The van der Waals surface area contributed by atoms with E-state index in [0.29, 0.717) is 5.88 Å². The molecule has 2 aromatic carbocycles. The Morgan fingerprint density at radius 3 is 3.00 bits per heavy atom. The number of benzene rings is 2. The maximum absolute atomic E-state index is 5.95. The summed E-state index contributed by atoms with van der Waals surface area (Å²) < 4.78 is 5.95. The third-order valence-corrected chi connectivity index (χ3v) is 3.88. The predicted octanol–water partition coefficient (Wildman–Crippen LogP) is 4.15. The summed E-state index contributed by atoms with van der Waals surface area (Å²) in [5.74, 6) is 1.57. The van der Waals surface area contributed by atoms with Crippen molar-refractivity contribution in [1.29, 1.82) is 0 Å². The molecule has 104 valence electrons. The Morgan fingerprint density at radius 1 is 1.25 bits per heavy atom. The first kappa shape index (κ1) is 13.3. The summed E-state index contributed by atoms with van der Waals surface area (Å²) in [6, 6.07) is 14.6. The smallest absolute Gasteiger partial charge is 0.123 e. The average Bonchev–Trinajstić information content (AvgIpc) is 2.87. The molecule has 3 rings (SSSR count). The van der Waals surface area contributed by atoms with E-state index in [1.807, 2.05) is 12.1 Å². The fourth-order valence-corrected chi connectivity index (χ4v) is 2.73. The van der Waals surface area contributed by atoms with Crippen LogP contribution >= 0.6 is 11.6 Å². The Labute approximate surface area is 124 Å². The van der Waals surface area contributed by atoms with Crippen molar-refractivity contribution >= 4 is 17.3 Å². The molecule has 0 aliphatic carbocycles. The highest BCUT2D eigenvalue weighted by molar-refractivity contribution is 6.17. The van der Waals surface area contributed by atoms with Crippen molar-refractivity contribution in [1.82, 2.24) is 0 Å². The van der Waals surface area contributed by atoms with Gasteiger partial charge in [0.05, 0.1) is 6.54 Å². The van der Waals surface area contributed by atoms with Crippen molar-refractivity contribution in [3.05, 3.63) is 59.2 Å². The van der Waals surface area contributed by atoms with Crippen LogP contribution in [0.5, 0.6) is 5.75 Å². The number of aryl methyl sites for hydroxylation is 1. The molecule has 2 aromatic rings. The number of ether oxygens (including phenoxy) is 1. The molecule has 1 aliphatic heterocycles. The number of hydrogen-bond acceptors (Lipinski definition) is 2.